The van der Waals surface area contributed by atoms with Gasteiger partial charge in [0.15, 0.2) is 15.4 Å². The van der Waals surface area contributed by atoms with Crippen LogP contribution >= 0.6 is 0 Å². The normalized spacial score (nSPS) is 13.9. The first kappa shape index (κ1) is 23.3. The molecule has 2 rings (SSSR count). The van der Waals surface area contributed by atoms with Gasteiger partial charge in [0.1, 0.15) is 5.82 Å². The average molecular weight is 444 g/mol. The zero-order valence-electron chi connectivity index (χ0n) is 15.5. The molecule has 2 aromatic rings. The van der Waals surface area contributed by atoms with Crippen LogP contribution in [-0.2, 0) is 26.4 Å². The number of anilines is 1. The molecule has 1 unspecified atom stereocenters. The number of nitrogens with zero attached hydrogens (tertiary/aromatic N) is 1. The van der Waals surface area contributed by atoms with Crippen molar-refractivity contribution in [3.8, 4) is 6.07 Å². The van der Waals surface area contributed by atoms with Crippen molar-refractivity contribution in [2.45, 2.75) is 18.7 Å². The molecule has 11 heteroatoms. The molecule has 0 bridgehead atoms. The second-order valence-corrected chi connectivity index (χ2v) is 8.72. The third-order valence-electron chi connectivity index (χ3n) is 4.27. The molecule has 1 atom stereocenters. The number of rotatable bonds is 6. The number of halogens is 4. The zero-order valence-corrected chi connectivity index (χ0v) is 16.3. The van der Waals surface area contributed by atoms with Crippen LogP contribution in [0.5, 0.6) is 0 Å². The number of amides is 1. The maximum Gasteiger partial charge on any atom is 0.417 e. The van der Waals surface area contributed by atoms with Crippen LogP contribution in [0.2, 0.25) is 0 Å². The highest BCUT2D eigenvalue weighted by Crippen LogP contribution is 2.34. The molecule has 1 amide bonds. The minimum atomic E-state index is -4.88. The molecule has 6 nitrogen and oxygen atoms in total. The van der Waals surface area contributed by atoms with E-state index in [4.69, 9.17) is 5.26 Å². The molecular weight excluding hydrogens is 428 g/mol. The number of hydrogen-bond acceptors (Lipinski definition) is 5. The molecule has 0 aliphatic heterocycles. The Morgan fingerprint density at radius 2 is 1.77 bits per heavy atom. The molecular formula is C19H16F4N2O4S. The van der Waals surface area contributed by atoms with E-state index in [2.05, 4.69) is 0 Å². The van der Waals surface area contributed by atoms with Crippen LogP contribution in [0.3, 0.4) is 0 Å². The first-order valence-electron chi connectivity index (χ1n) is 8.44. The predicted molar refractivity (Wildman–Crippen MR) is 99.4 cm³/mol. The van der Waals surface area contributed by atoms with Crippen molar-refractivity contribution < 1.29 is 35.9 Å². The maximum absolute atomic E-state index is 13.2. The van der Waals surface area contributed by atoms with E-state index >= 15 is 0 Å². The summed E-state index contributed by atoms with van der Waals surface area (Å²) in [5, 5.41) is 21.8. The van der Waals surface area contributed by atoms with Crippen molar-refractivity contribution in [3.63, 3.8) is 0 Å². The van der Waals surface area contributed by atoms with Gasteiger partial charge >= 0.3 is 6.18 Å². The number of nitriles is 1. The topological polar surface area (TPSA) is 107 Å². The van der Waals surface area contributed by atoms with Gasteiger partial charge in [-0.05, 0) is 35.9 Å². The lowest BCUT2D eigenvalue weighted by atomic mass is 9.94. The summed E-state index contributed by atoms with van der Waals surface area (Å²) in [6.07, 6.45) is -4.88. The molecule has 0 fully saturated rings. The molecule has 0 saturated carbocycles. The number of alkyl halides is 3. The monoisotopic (exact) mass is 444 g/mol. The summed E-state index contributed by atoms with van der Waals surface area (Å²) in [7, 11) is -3.94. The van der Waals surface area contributed by atoms with E-state index in [9.17, 15) is 35.9 Å². The van der Waals surface area contributed by atoms with Crippen LogP contribution < -0.4 is 5.32 Å². The van der Waals surface area contributed by atoms with Crippen molar-refractivity contribution in [3.05, 3.63) is 65.0 Å². The highest BCUT2D eigenvalue weighted by atomic mass is 32.2. The lowest BCUT2D eigenvalue weighted by Gasteiger charge is -2.27. The molecule has 0 aromatic heterocycles. The summed E-state index contributed by atoms with van der Waals surface area (Å²) >= 11 is 0. The number of sulfone groups is 1. The van der Waals surface area contributed by atoms with Crippen LogP contribution in [-0.4, -0.2) is 30.9 Å². The summed E-state index contributed by atoms with van der Waals surface area (Å²) in [4.78, 5) is 12.8. The Balaban J connectivity index is 2.50. The summed E-state index contributed by atoms with van der Waals surface area (Å²) in [6.45, 7) is 1.29. The molecule has 0 spiro atoms. The lowest BCUT2D eigenvalue weighted by Crippen LogP contribution is -2.46. The number of hydrogen-bond donors (Lipinski definition) is 2. The van der Waals surface area contributed by atoms with E-state index in [1.807, 2.05) is 5.32 Å². The first-order valence-corrected chi connectivity index (χ1v) is 10.3. The molecule has 0 aliphatic carbocycles. The van der Waals surface area contributed by atoms with Gasteiger partial charge in [-0.15, -0.1) is 0 Å². The third kappa shape index (κ3) is 5.14. The quantitative estimate of drug-likeness (QED) is 0.667. The molecule has 2 N–H and O–H groups in total. The van der Waals surface area contributed by atoms with Crippen LogP contribution in [0.25, 0.3) is 0 Å². The third-order valence-corrected chi connectivity index (χ3v) is 6.01. The Labute approximate surface area is 169 Å². The number of aliphatic hydroxyl groups is 1. The minimum Gasteiger partial charge on any atom is -0.374 e. The Morgan fingerprint density at radius 3 is 2.27 bits per heavy atom. The fraction of sp³-hybridized carbons (Fsp3) is 0.263. The fourth-order valence-electron chi connectivity index (χ4n) is 2.61. The molecule has 0 heterocycles. The van der Waals surface area contributed by atoms with Crippen molar-refractivity contribution in [1.29, 1.82) is 5.26 Å². The van der Waals surface area contributed by atoms with E-state index < -0.39 is 61.7 Å². The SMILES string of the molecule is CCS(=O)(=O)CC(O)(C(=O)Nc1ccc(C#N)c(C(F)(F)F)c1)c1ccc(F)cc1. The van der Waals surface area contributed by atoms with E-state index in [0.29, 0.717) is 6.07 Å². The summed E-state index contributed by atoms with van der Waals surface area (Å²) < 4.78 is 76.8. The van der Waals surface area contributed by atoms with Crippen molar-refractivity contribution in [2.75, 3.05) is 16.8 Å². The van der Waals surface area contributed by atoms with Crippen LogP contribution in [0.1, 0.15) is 23.6 Å². The Hall–Kier alpha value is -2.97. The standard InChI is InChI=1S/C19H16F4N2O4S/c1-2-30(28,29)11-18(27,13-4-6-14(20)7-5-13)17(26)25-15-8-3-12(10-24)16(9-15)19(21,22)23/h3-9,27H,2,11H2,1H3,(H,25,26). The average Bonchev–Trinajstić information content (AvgIpc) is 2.67. The van der Waals surface area contributed by atoms with Gasteiger partial charge in [-0.1, -0.05) is 19.1 Å². The fourth-order valence-corrected chi connectivity index (χ4v) is 3.75. The smallest absolute Gasteiger partial charge is 0.374 e. The van der Waals surface area contributed by atoms with E-state index in [0.717, 1.165) is 36.4 Å². The van der Waals surface area contributed by atoms with E-state index in [-0.39, 0.29) is 5.56 Å². The summed E-state index contributed by atoms with van der Waals surface area (Å²) in [5.41, 5.74) is -5.37. The van der Waals surface area contributed by atoms with Gasteiger partial charge in [-0.3, -0.25) is 4.79 Å². The maximum atomic E-state index is 13.2. The van der Waals surface area contributed by atoms with Gasteiger partial charge in [0.05, 0.1) is 22.9 Å². The van der Waals surface area contributed by atoms with Gasteiger partial charge in [0.2, 0.25) is 0 Å². The van der Waals surface area contributed by atoms with Gasteiger partial charge in [0, 0.05) is 11.4 Å². The van der Waals surface area contributed by atoms with Gasteiger partial charge in [-0.2, -0.15) is 18.4 Å². The predicted octanol–water partition coefficient (Wildman–Crippen LogP) is 2.98. The van der Waals surface area contributed by atoms with E-state index in [1.54, 1.807) is 0 Å². The second kappa shape index (κ2) is 8.41. The Morgan fingerprint density at radius 1 is 1.17 bits per heavy atom. The highest BCUT2D eigenvalue weighted by Gasteiger charge is 2.42. The molecule has 2 aromatic carbocycles. The molecule has 0 radical (unpaired) electrons. The van der Waals surface area contributed by atoms with Crippen molar-refractivity contribution >= 4 is 21.4 Å². The van der Waals surface area contributed by atoms with Crippen LogP contribution in [0.4, 0.5) is 23.2 Å². The number of benzene rings is 2. The minimum absolute atomic E-state index is 0.261. The van der Waals surface area contributed by atoms with Crippen LogP contribution in [0, 0.1) is 17.1 Å². The Kier molecular flexibility index (Phi) is 6.54. The van der Waals surface area contributed by atoms with Crippen LogP contribution in [0.15, 0.2) is 42.5 Å². The summed E-state index contributed by atoms with van der Waals surface area (Å²) in [6, 6.07) is 7.52. The van der Waals surface area contributed by atoms with Crippen molar-refractivity contribution in [1.82, 2.24) is 0 Å². The molecule has 30 heavy (non-hydrogen) atoms. The van der Waals surface area contributed by atoms with E-state index in [1.165, 1.54) is 13.0 Å². The van der Waals surface area contributed by atoms with Crippen molar-refractivity contribution in [2.24, 2.45) is 0 Å². The first-order chi connectivity index (χ1) is 13.8. The van der Waals surface area contributed by atoms with Gasteiger partial charge in [0.25, 0.3) is 5.91 Å². The summed E-state index contributed by atoms with van der Waals surface area (Å²) in [5.74, 6) is -3.53. The molecule has 160 valence electrons. The van der Waals surface area contributed by atoms with Gasteiger partial charge in [-0.25, -0.2) is 12.8 Å². The number of carbonyl (C=O) groups is 1. The highest BCUT2D eigenvalue weighted by molar-refractivity contribution is 7.91. The number of nitrogens with one attached hydrogen (secondary N) is 1. The lowest BCUT2D eigenvalue weighted by molar-refractivity contribution is -0.138. The van der Waals surface area contributed by atoms with Gasteiger partial charge < -0.3 is 10.4 Å². The molecule has 0 aliphatic rings. The second-order valence-electron chi connectivity index (χ2n) is 6.37. The molecule has 0 saturated heterocycles. The Bertz CT molecular complexity index is 1090. The largest absolute Gasteiger partial charge is 0.417 e. The number of carbonyl (C=O) groups excluding carboxylic acids is 1. The zero-order chi connectivity index (χ0) is 22.7.